The molecule has 1 aliphatic carbocycles. The number of nitrogens with zero attached hydrogens (tertiary/aromatic N) is 1. The van der Waals surface area contributed by atoms with Gasteiger partial charge in [-0.1, -0.05) is 31.5 Å². The first-order valence-electron chi connectivity index (χ1n) is 7.93. The summed E-state index contributed by atoms with van der Waals surface area (Å²) in [6.45, 7) is 3.10. The van der Waals surface area contributed by atoms with Gasteiger partial charge >= 0.3 is 0 Å². The molecule has 4 nitrogen and oxygen atoms in total. The van der Waals surface area contributed by atoms with Crippen LogP contribution in [0.15, 0.2) is 30.3 Å². The van der Waals surface area contributed by atoms with Crippen LogP contribution in [0.3, 0.4) is 0 Å². The van der Waals surface area contributed by atoms with Crippen molar-refractivity contribution in [2.75, 3.05) is 13.7 Å². The molecule has 1 aromatic carbocycles. The lowest BCUT2D eigenvalue weighted by molar-refractivity contribution is 0.118. The molecule has 22 heavy (non-hydrogen) atoms. The molecule has 0 aliphatic heterocycles. The zero-order valence-electron chi connectivity index (χ0n) is 13.3. The summed E-state index contributed by atoms with van der Waals surface area (Å²) in [4.78, 5) is 4.58. The van der Waals surface area contributed by atoms with Gasteiger partial charge in [0.25, 0.3) is 0 Å². The molecule has 118 valence electrons. The third-order valence-electron chi connectivity index (χ3n) is 4.94. The molecule has 1 aliphatic rings. The molecule has 2 N–H and O–H groups in total. The van der Waals surface area contributed by atoms with Gasteiger partial charge in [-0.3, -0.25) is 0 Å². The highest BCUT2D eigenvalue weighted by Gasteiger charge is 2.37. The van der Waals surface area contributed by atoms with E-state index < -0.39 is 0 Å². The summed E-state index contributed by atoms with van der Waals surface area (Å²) in [7, 11) is 1.66. The lowest BCUT2D eigenvalue weighted by Gasteiger charge is -2.30. The van der Waals surface area contributed by atoms with Crippen molar-refractivity contribution < 1.29 is 9.84 Å². The van der Waals surface area contributed by atoms with E-state index >= 15 is 0 Å². The Morgan fingerprint density at radius 1 is 1.41 bits per heavy atom. The molecule has 2 aromatic rings. The van der Waals surface area contributed by atoms with Crippen molar-refractivity contribution in [3.63, 3.8) is 0 Å². The van der Waals surface area contributed by atoms with Gasteiger partial charge in [-0.25, -0.2) is 4.98 Å². The van der Waals surface area contributed by atoms with E-state index in [1.165, 1.54) is 6.42 Å². The summed E-state index contributed by atoms with van der Waals surface area (Å²) in [5.41, 5.74) is 2.00. The molecule has 4 heteroatoms. The van der Waals surface area contributed by atoms with Gasteiger partial charge in [0.1, 0.15) is 0 Å². The van der Waals surface area contributed by atoms with Crippen LogP contribution in [0.2, 0.25) is 0 Å². The third-order valence-corrected chi connectivity index (χ3v) is 4.94. The molecular weight excluding hydrogens is 276 g/mol. The summed E-state index contributed by atoms with van der Waals surface area (Å²) in [5, 5.41) is 14.4. The van der Waals surface area contributed by atoms with Crippen LogP contribution in [0.25, 0.3) is 10.9 Å². The maximum atomic E-state index is 9.66. The maximum absolute atomic E-state index is 9.66. The molecule has 2 unspecified atom stereocenters. The Morgan fingerprint density at radius 2 is 2.23 bits per heavy atom. The van der Waals surface area contributed by atoms with Crippen LogP contribution in [0, 0.1) is 5.41 Å². The molecule has 0 amide bonds. The zero-order valence-corrected chi connectivity index (χ0v) is 13.3. The van der Waals surface area contributed by atoms with E-state index in [2.05, 4.69) is 29.4 Å². The van der Waals surface area contributed by atoms with Crippen LogP contribution in [0.1, 0.15) is 31.7 Å². The molecule has 1 aromatic heterocycles. The Morgan fingerprint density at radius 3 is 3.00 bits per heavy atom. The van der Waals surface area contributed by atoms with Gasteiger partial charge in [0, 0.05) is 35.6 Å². The van der Waals surface area contributed by atoms with Crippen LogP contribution in [-0.2, 0) is 6.54 Å². The molecule has 1 heterocycles. The fourth-order valence-electron chi connectivity index (χ4n) is 3.45. The molecule has 0 radical (unpaired) electrons. The SMILES string of the molecule is COc1nc2ccccc2cc1CNC1CCCC1(C)CO. The van der Waals surface area contributed by atoms with Crippen molar-refractivity contribution in [2.45, 2.75) is 38.8 Å². The summed E-state index contributed by atoms with van der Waals surface area (Å²) in [6, 6.07) is 10.5. The van der Waals surface area contributed by atoms with Crippen molar-refractivity contribution in [1.29, 1.82) is 0 Å². The Labute approximate surface area is 131 Å². The molecule has 0 spiro atoms. The highest BCUT2D eigenvalue weighted by Crippen LogP contribution is 2.37. The highest BCUT2D eigenvalue weighted by atomic mass is 16.5. The van der Waals surface area contributed by atoms with Crippen LogP contribution < -0.4 is 10.1 Å². The number of rotatable bonds is 5. The largest absolute Gasteiger partial charge is 0.481 e. The van der Waals surface area contributed by atoms with Gasteiger partial charge in [-0.15, -0.1) is 0 Å². The van der Waals surface area contributed by atoms with Crippen molar-refractivity contribution in [3.05, 3.63) is 35.9 Å². The maximum Gasteiger partial charge on any atom is 0.218 e. The smallest absolute Gasteiger partial charge is 0.218 e. The topological polar surface area (TPSA) is 54.4 Å². The molecule has 3 rings (SSSR count). The number of ether oxygens (including phenoxy) is 1. The monoisotopic (exact) mass is 300 g/mol. The fourth-order valence-corrected chi connectivity index (χ4v) is 3.45. The predicted octanol–water partition coefficient (Wildman–Crippen LogP) is 2.88. The van der Waals surface area contributed by atoms with Crippen LogP contribution in [0.5, 0.6) is 5.88 Å². The normalized spacial score (nSPS) is 24.8. The standard InChI is InChI=1S/C18H24N2O2/c1-18(12-21)9-5-8-16(18)19-11-14-10-13-6-3-4-7-15(13)20-17(14)22-2/h3-4,6-7,10,16,19,21H,5,8-9,11-12H2,1-2H3. The first kappa shape index (κ1) is 15.3. The van der Waals surface area contributed by atoms with E-state index in [4.69, 9.17) is 4.74 Å². The van der Waals surface area contributed by atoms with Gasteiger partial charge < -0.3 is 15.2 Å². The number of fused-ring (bicyclic) bond motifs is 1. The first-order valence-corrected chi connectivity index (χ1v) is 7.93. The Hall–Kier alpha value is -1.65. The molecule has 0 bridgehead atoms. The third kappa shape index (κ3) is 2.81. The fraction of sp³-hybridized carbons (Fsp3) is 0.500. The van der Waals surface area contributed by atoms with E-state index in [9.17, 15) is 5.11 Å². The second-order valence-corrected chi connectivity index (χ2v) is 6.49. The van der Waals surface area contributed by atoms with Gasteiger partial charge in [-0.05, 0) is 25.0 Å². The van der Waals surface area contributed by atoms with Crippen molar-refractivity contribution >= 4 is 10.9 Å². The minimum absolute atomic E-state index is 0.0164. The average molecular weight is 300 g/mol. The Kier molecular flexibility index (Phi) is 4.32. The van der Waals surface area contributed by atoms with Gasteiger partial charge in [0.2, 0.25) is 5.88 Å². The van der Waals surface area contributed by atoms with Gasteiger partial charge in [0.05, 0.1) is 12.6 Å². The average Bonchev–Trinajstić information content (AvgIpc) is 2.93. The summed E-state index contributed by atoms with van der Waals surface area (Å²) in [5.74, 6) is 0.676. The number of pyridine rings is 1. The lowest BCUT2D eigenvalue weighted by Crippen LogP contribution is -2.41. The number of para-hydroxylation sites is 1. The second-order valence-electron chi connectivity index (χ2n) is 6.49. The number of hydrogen-bond donors (Lipinski definition) is 2. The summed E-state index contributed by atoms with van der Waals surface area (Å²) >= 11 is 0. The molecule has 2 atom stereocenters. The zero-order chi connectivity index (χ0) is 15.6. The van der Waals surface area contributed by atoms with Crippen LogP contribution >= 0.6 is 0 Å². The highest BCUT2D eigenvalue weighted by molar-refractivity contribution is 5.80. The molecule has 1 fully saturated rings. The minimum atomic E-state index is -0.0164. The van der Waals surface area contributed by atoms with Gasteiger partial charge in [-0.2, -0.15) is 0 Å². The second kappa shape index (κ2) is 6.23. The Balaban J connectivity index is 1.81. The number of nitrogens with one attached hydrogen (secondary N) is 1. The number of aromatic nitrogens is 1. The summed E-state index contributed by atoms with van der Waals surface area (Å²) < 4.78 is 5.45. The molecule has 0 saturated heterocycles. The quantitative estimate of drug-likeness (QED) is 0.891. The van der Waals surface area contributed by atoms with Crippen LogP contribution in [0.4, 0.5) is 0 Å². The van der Waals surface area contributed by atoms with E-state index in [0.29, 0.717) is 18.5 Å². The first-order chi connectivity index (χ1) is 10.7. The van der Waals surface area contributed by atoms with E-state index in [0.717, 1.165) is 29.3 Å². The van der Waals surface area contributed by atoms with E-state index in [-0.39, 0.29) is 12.0 Å². The Bertz CT molecular complexity index is 659. The lowest BCUT2D eigenvalue weighted by atomic mass is 9.86. The van der Waals surface area contributed by atoms with Crippen molar-refractivity contribution in [2.24, 2.45) is 5.41 Å². The van der Waals surface area contributed by atoms with Crippen molar-refractivity contribution in [3.8, 4) is 5.88 Å². The minimum Gasteiger partial charge on any atom is -0.481 e. The summed E-state index contributed by atoms with van der Waals surface area (Å²) in [6.07, 6.45) is 3.36. The van der Waals surface area contributed by atoms with Gasteiger partial charge in [0.15, 0.2) is 0 Å². The number of benzene rings is 1. The van der Waals surface area contributed by atoms with E-state index in [1.54, 1.807) is 7.11 Å². The van der Waals surface area contributed by atoms with Crippen LogP contribution in [-0.4, -0.2) is 29.8 Å². The predicted molar refractivity (Wildman–Crippen MR) is 88.0 cm³/mol. The number of hydrogen-bond acceptors (Lipinski definition) is 4. The molecule has 1 saturated carbocycles. The van der Waals surface area contributed by atoms with E-state index in [1.807, 2.05) is 18.2 Å². The number of methoxy groups -OCH3 is 1. The number of aliphatic hydroxyl groups excluding tert-OH is 1. The van der Waals surface area contributed by atoms with Crippen molar-refractivity contribution in [1.82, 2.24) is 10.3 Å². The molecular formula is C18H24N2O2. The number of aliphatic hydroxyl groups is 1.